The third-order valence-electron chi connectivity index (χ3n) is 2.04. The van der Waals surface area contributed by atoms with Gasteiger partial charge in [-0.25, -0.2) is 10.4 Å². The number of ether oxygens (including phenoxy) is 1. The van der Waals surface area contributed by atoms with Crippen molar-refractivity contribution in [3.05, 3.63) is 17.7 Å². The largest absolute Gasteiger partial charge is 0.372 e. The number of aromatic nitrogens is 2. The summed E-state index contributed by atoms with van der Waals surface area (Å²) in [7, 11) is 1.64. The van der Waals surface area contributed by atoms with Crippen LogP contribution >= 0.6 is 0 Å². The number of rotatable bonds is 2. The molecule has 0 aliphatic carbocycles. The fourth-order valence-electron chi connectivity index (χ4n) is 1.38. The number of nitrogens with zero attached hydrogens (tertiary/aromatic N) is 2. The predicted molar refractivity (Wildman–Crippen MR) is 48.4 cm³/mol. The number of carbonyl (C=O) groups excluding carboxylic acids is 1. The van der Waals surface area contributed by atoms with Gasteiger partial charge in [0.05, 0.1) is 6.61 Å². The Balaban J connectivity index is 2.19. The summed E-state index contributed by atoms with van der Waals surface area (Å²) in [5, 5.41) is 0. The Hall–Kier alpha value is -1.40. The summed E-state index contributed by atoms with van der Waals surface area (Å²) >= 11 is 0. The van der Waals surface area contributed by atoms with E-state index in [0.717, 1.165) is 12.4 Å². The highest BCUT2D eigenvalue weighted by Crippen LogP contribution is 2.09. The molecule has 0 saturated heterocycles. The summed E-state index contributed by atoms with van der Waals surface area (Å²) in [4.78, 5) is 15.5. The van der Waals surface area contributed by atoms with Crippen molar-refractivity contribution < 1.29 is 9.53 Å². The summed E-state index contributed by atoms with van der Waals surface area (Å²) < 4.78 is 7.16. The van der Waals surface area contributed by atoms with Crippen LogP contribution in [0, 0.1) is 0 Å². The minimum atomic E-state index is -0.227. The Morgan fingerprint density at radius 3 is 3.29 bits per heavy atom. The van der Waals surface area contributed by atoms with Crippen LogP contribution in [0.3, 0.4) is 0 Å². The van der Waals surface area contributed by atoms with Gasteiger partial charge in [-0.05, 0) is 0 Å². The lowest BCUT2D eigenvalue weighted by molar-refractivity contribution is 0.0815. The molecule has 0 radical (unpaired) electrons. The standard InChI is InChI=1S/C8H12N4O2/c1-9-11-8(13)6-4-12-2-3-14-5-7(12)10-6/h4,9H,2-3,5H2,1H3,(H,11,13). The zero-order chi connectivity index (χ0) is 9.97. The fourth-order valence-corrected chi connectivity index (χ4v) is 1.38. The van der Waals surface area contributed by atoms with E-state index in [2.05, 4.69) is 15.8 Å². The maximum atomic E-state index is 11.4. The van der Waals surface area contributed by atoms with Crippen LogP contribution in [0.4, 0.5) is 0 Å². The van der Waals surface area contributed by atoms with Crippen LogP contribution < -0.4 is 10.9 Å². The monoisotopic (exact) mass is 196 g/mol. The molecular formula is C8H12N4O2. The van der Waals surface area contributed by atoms with Crippen molar-refractivity contribution in [1.29, 1.82) is 0 Å². The van der Waals surface area contributed by atoms with Gasteiger partial charge in [0.25, 0.3) is 5.91 Å². The first-order valence-corrected chi connectivity index (χ1v) is 4.42. The van der Waals surface area contributed by atoms with E-state index in [-0.39, 0.29) is 5.91 Å². The van der Waals surface area contributed by atoms with E-state index in [1.165, 1.54) is 0 Å². The Labute approximate surface area is 81.2 Å². The molecule has 14 heavy (non-hydrogen) atoms. The summed E-state index contributed by atoms with van der Waals surface area (Å²) in [5.74, 6) is 0.576. The lowest BCUT2D eigenvalue weighted by Gasteiger charge is -2.13. The van der Waals surface area contributed by atoms with Gasteiger partial charge in [0.2, 0.25) is 0 Å². The van der Waals surface area contributed by atoms with E-state index in [4.69, 9.17) is 4.74 Å². The molecule has 2 rings (SSSR count). The molecule has 6 heteroatoms. The smallest absolute Gasteiger partial charge is 0.285 e. The first-order valence-electron chi connectivity index (χ1n) is 4.42. The summed E-state index contributed by atoms with van der Waals surface area (Å²) in [5.41, 5.74) is 5.45. The average Bonchev–Trinajstić information content (AvgIpc) is 2.61. The number of hydrazine groups is 1. The van der Waals surface area contributed by atoms with Crippen LogP contribution in [-0.4, -0.2) is 29.1 Å². The minimum Gasteiger partial charge on any atom is -0.372 e. The molecule has 1 aromatic rings. The molecule has 76 valence electrons. The Morgan fingerprint density at radius 2 is 2.57 bits per heavy atom. The fraction of sp³-hybridized carbons (Fsp3) is 0.500. The van der Waals surface area contributed by atoms with Gasteiger partial charge < -0.3 is 9.30 Å². The third kappa shape index (κ3) is 1.61. The van der Waals surface area contributed by atoms with E-state index >= 15 is 0 Å². The van der Waals surface area contributed by atoms with Crippen molar-refractivity contribution in [2.24, 2.45) is 0 Å². The van der Waals surface area contributed by atoms with Crippen LogP contribution in [0.15, 0.2) is 6.20 Å². The van der Waals surface area contributed by atoms with Crippen molar-refractivity contribution >= 4 is 5.91 Å². The summed E-state index contributed by atoms with van der Waals surface area (Å²) in [6, 6.07) is 0. The zero-order valence-electron chi connectivity index (χ0n) is 7.91. The predicted octanol–water partition coefficient (Wildman–Crippen LogP) is -0.722. The molecule has 2 heterocycles. The molecule has 1 aromatic heterocycles. The maximum Gasteiger partial charge on any atom is 0.285 e. The van der Waals surface area contributed by atoms with Crippen LogP contribution in [0.1, 0.15) is 16.3 Å². The second kappa shape index (κ2) is 3.77. The lowest BCUT2D eigenvalue weighted by Crippen LogP contribution is -2.34. The lowest BCUT2D eigenvalue weighted by atomic mass is 10.4. The number of hydrogen-bond donors (Lipinski definition) is 2. The number of fused-ring (bicyclic) bond motifs is 1. The van der Waals surface area contributed by atoms with Gasteiger partial charge in [-0.3, -0.25) is 10.2 Å². The van der Waals surface area contributed by atoms with Gasteiger partial charge in [-0.15, -0.1) is 0 Å². The van der Waals surface area contributed by atoms with Crippen molar-refractivity contribution in [1.82, 2.24) is 20.4 Å². The number of imidazole rings is 1. The quantitative estimate of drug-likeness (QED) is 0.612. The Morgan fingerprint density at radius 1 is 1.71 bits per heavy atom. The average molecular weight is 196 g/mol. The van der Waals surface area contributed by atoms with E-state index in [9.17, 15) is 4.79 Å². The van der Waals surface area contributed by atoms with Crippen molar-refractivity contribution in [3.8, 4) is 0 Å². The highest BCUT2D eigenvalue weighted by molar-refractivity contribution is 5.91. The van der Waals surface area contributed by atoms with Crippen LogP contribution in [0.25, 0.3) is 0 Å². The minimum absolute atomic E-state index is 0.227. The van der Waals surface area contributed by atoms with E-state index in [1.807, 2.05) is 4.57 Å². The van der Waals surface area contributed by atoms with E-state index < -0.39 is 0 Å². The molecule has 1 amide bonds. The molecule has 0 atom stereocenters. The number of carbonyl (C=O) groups is 1. The van der Waals surface area contributed by atoms with Crippen molar-refractivity contribution in [2.75, 3.05) is 13.7 Å². The first kappa shape index (κ1) is 9.17. The Bertz CT molecular complexity index is 324. The van der Waals surface area contributed by atoms with Gasteiger partial charge in [0.1, 0.15) is 18.1 Å². The normalized spacial score (nSPS) is 14.9. The first-order chi connectivity index (χ1) is 6.81. The molecule has 0 fully saturated rings. The molecule has 0 unspecified atom stereocenters. The Kier molecular flexibility index (Phi) is 2.47. The van der Waals surface area contributed by atoms with Gasteiger partial charge >= 0.3 is 0 Å². The SMILES string of the molecule is CNNC(=O)c1cn2c(n1)COCC2. The highest BCUT2D eigenvalue weighted by Gasteiger charge is 2.16. The van der Waals surface area contributed by atoms with Crippen LogP contribution in [-0.2, 0) is 17.9 Å². The molecule has 1 aliphatic heterocycles. The second-order valence-corrected chi connectivity index (χ2v) is 2.99. The molecule has 0 spiro atoms. The second-order valence-electron chi connectivity index (χ2n) is 2.99. The topological polar surface area (TPSA) is 68.2 Å². The summed E-state index contributed by atoms with van der Waals surface area (Å²) in [6.07, 6.45) is 1.74. The number of nitrogens with one attached hydrogen (secondary N) is 2. The van der Waals surface area contributed by atoms with Gasteiger partial charge in [-0.1, -0.05) is 0 Å². The van der Waals surface area contributed by atoms with Crippen molar-refractivity contribution in [2.45, 2.75) is 13.2 Å². The van der Waals surface area contributed by atoms with E-state index in [1.54, 1.807) is 13.2 Å². The molecule has 0 aromatic carbocycles. The zero-order valence-corrected chi connectivity index (χ0v) is 7.91. The molecule has 1 aliphatic rings. The van der Waals surface area contributed by atoms with Crippen molar-refractivity contribution in [3.63, 3.8) is 0 Å². The van der Waals surface area contributed by atoms with Crippen LogP contribution in [0.5, 0.6) is 0 Å². The van der Waals surface area contributed by atoms with Gasteiger partial charge in [0.15, 0.2) is 0 Å². The molecular weight excluding hydrogens is 184 g/mol. The van der Waals surface area contributed by atoms with Crippen LogP contribution in [0.2, 0.25) is 0 Å². The highest BCUT2D eigenvalue weighted by atomic mass is 16.5. The number of amides is 1. The molecule has 6 nitrogen and oxygen atoms in total. The third-order valence-corrected chi connectivity index (χ3v) is 2.04. The molecule has 2 N–H and O–H groups in total. The van der Waals surface area contributed by atoms with Gasteiger partial charge in [0, 0.05) is 19.8 Å². The van der Waals surface area contributed by atoms with Gasteiger partial charge in [-0.2, -0.15) is 0 Å². The van der Waals surface area contributed by atoms with E-state index in [0.29, 0.717) is 18.9 Å². The molecule has 0 saturated carbocycles. The number of hydrogen-bond acceptors (Lipinski definition) is 4. The maximum absolute atomic E-state index is 11.4. The summed E-state index contributed by atoms with van der Waals surface area (Å²) in [6.45, 7) is 1.92. The molecule has 0 bridgehead atoms.